The van der Waals surface area contributed by atoms with Crippen molar-refractivity contribution in [2.24, 2.45) is 0 Å². The van der Waals surface area contributed by atoms with Crippen LogP contribution in [0.4, 0.5) is 4.39 Å². The molecule has 1 aliphatic heterocycles. The Labute approximate surface area is 185 Å². The van der Waals surface area contributed by atoms with Crippen LogP contribution in [0.1, 0.15) is 56.6 Å². The van der Waals surface area contributed by atoms with Crippen molar-refractivity contribution in [3.05, 3.63) is 89.0 Å². The van der Waals surface area contributed by atoms with Gasteiger partial charge in [-0.25, -0.2) is 14.4 Å². The summed E-state index contributed by atoms with van der Waals surface area (Å²) in [6.07, 6.45) is 6.50. The van der Waals surface area contributed by atoms with Crippen LogP contribution in [0.3, 0.4) is 0 Å². The smallest absolute Gasteiger partial charge is 0.255 e. The molecule has 32 heavy (non-hydrogen) atoms. The molecule has 164 valence electrons. The summed E-state index contributed by atoms with van der Waals surface area (Å²) in [6, 6.07) is 9.49. The van der Waals surface area contributed by atoms with Gasteiger partial charge in [-0.3, -0.25) is 14.6 Å². The normalized spacial score (nSPS) is 15.9. The molecule has 0 radical (unpaired) electrons. The topological polar surface area (TPSA) is 88.1 Å². The molecule has 1 N–H and O–H groups in total. The number of halogens is 1. The number of pyridine rings is 1. The van der Waals surface area contributed by atoms with Gasteiger partial charge >= 0.3 is 0 Å². The summed E-state index contributed by atoms with van der Waals surface area (Å²) in [6.45, 7) is 3.28. The molecule has 0 spiro atoms. The number of rotatable bonds is 5. The van der Waals surface area contributed by atoms with Gasteiger partial charge in [-0.1, -0.05) is 12.1 Å². The summed E-state index contributed by atoms with van der Waals surface area (Å²) in [5, 5.41) is 2.81. The molecule has 1 unspecified atom stereocenters. The number of hydrogen-bond donors (Lipinski definition) is 1. The summed E-state index contributed by atoms with van der Waals surface area (Å²) in [7, 11) is 0. The first-order valence-corrected chi connectivity index (χ1v) is 10.6. The van der Waals surface area contributed by atoms with E-state index in [2.05, 4.69) is 20.3 Å². The number of benzene rings is 1. The molecule has 1 fully saturated rings. The van der Waals surface area contributed by atoms with Crippen LogP contribution in [0.5, 0.6) is 0 Å². The Bertz CT molecular complexity index is 1110. The third kappa shape index (κ3) is 4.96. The van der Waals surface area contributed by atoms with E-state index in [4.69, 9.17) is 0 Å². The molecule has 4 rings (SSSR count). The second-order valence-electron chi connectivity index (χ2n) is 7.87. The molecule has 0 saturated carbocycles. The van der Waals surface area contributed by atoms with Gasteiger partial charge in [0.15, 0.2) is 0 Å². The number of likely N-dealkylation sites (tertiary alicyclic amines) is 1. The summed E-state index contributed by atoms with van der Waals surface area (Å²) in [5.74, 6) is 0.00991. The van der Waals surface area contributed by atoms with E-state index in [9.17, 15) is 14.0 Å². The minimum atomic E-state index is -0.316. The van der Waals surface area contributed by atoms with Crippen LogP contribution < -0.4 is 5.32 Å². The highest BCUT2D eigenvalue weighted by molar-refractivity contribution is 5.95. The van der Waals surface area contributed by atoms with Crippen molar-refractivity contribution in [2.75, 3.05) is 13.1 Å². The first-order chi connectivity index (χ1) is 15.5. The van der Waals surface area contributed by atoms with E-state index in [-0.39, 0.29) is 30.1 Å². The van der Waals surface area contributed by atoms with E-state index >= 15 is 0 Å². The molecule has 3 heterocycles. The van der Waals surface area contributed by atoms with Crippen molar-refractivity contribution in [1.29, 1.82) is 0 Å². The highest BCUT2D eigenvalue weighted by atomic mass is 19.1. The van der Waals surface area contributed by atoms with E-state index in [1.807, 2.05) is 4.90 Å². The number of carbonyl (C=O) groups excluding carboxylic acids is 2. The molecule has 0 aliphatic carbocycles. The number of piperidine rings is 1. The van der Waals surface area contributed by atoms with E-state index in [1.165, 1.54) is 12.1 Å². The van der Waals surface area contributed by atoms with Gasteiger partial charge in [-0.15, -0.1) is 0 Å². The first-order valence-electron chi connectivity index (χ1n) is 10.6. The van der Waals surface area contributed by atoms with E-state index in [0.717, 1.165) is 18.4 Å². The third-order valence-electron chi connectivity index (χ3n) is 5.59. The maximum Gasteiger partial charge on any atom is 0.255 e. The van der Waals surface area contributed by atoms with Crippen LogP contribution in [-0.4, -0.2) is 44.8 Å². The van der Waals surface area contributed by atoms with Crippen LogP contribution in [0.2, 0.25) is 0 Å². The fourth-order valence-electron chi connectivity index (χ4n) is 3.83. The lowest BCUT2D eigenvalue weighted by Gasteiger charge is -2.32. The maximum atomic E-state index is 13.0. The second kappa shape index (κ2) is 9.64. The van der Waals surface area contributed by atoms with E-state index in [1.54, 1.807) is 49.8 Å². The number of nitrogens with zero attached hydrogens (tertiary/aromatic N) is 4. The molecule has 1 saturated heterocycles. The average molecular weight is 433 g/mol. The van der Waals surface area contributed by atoms with Gasteiger partial charge < -0.3 is 10.2 Å². The van der Waals surface area contributed by atoms with Crippen molar-refractivity contribution < 1.29 is 14.0 Å². The van der Waals surface area contributed by atoms with Crippen molar-refractivity contribution in [1.82, 2.24) is 25.2 Å². The minimum absolute atomic E-state index is 0.0133. The monoisotopic (exact) mass is 433 g/mol. The van der Waals surface area contributed by atoms with Gasteiger partial charge in [-0.05, 0) is 49.6 Å². The highest BCUT2D eigenvalue weighted by Crippen LogP contribution is 2.26. The predicted molar refractivity (Wildman–Crippen MR) is 116 cm³/mol. The molecule has 3 aromatic rings. The lowest BCUT2D eigenvalue weighted by atomic mass is 9.96. The molecule has 1 atom stereocenters. The number of aryl methyl sites for hydroxylation is 1. The molecular weight excluding hydrogens is 409 g/mol. The largest absolute Gasteiger partial charge is 0.348 e. The Morgan fingerprint density at radius 2 is 2.00 bits per heavy atom. The molecule has 2 amide bonds. The number of carbonyl (C=O) groups is 2. The van der Waals surface area contributed by atoms with Crippen molar-refractivity contribution in [3.63, 3.8) is 0 Å². The second-order valence-corrected chi connectivity index (χ2v) is 7.87. The molecule has 0 bridgehead atoms. The van der Waals surface area contributed by atoms with Gasteiger partial charge in [0.25, 0.3) is 11.8 Å². The van der Waals surface area contributed by atoms with Gasteiger partial charge in [0.1, 0.15) is 11.6 Å². The van der Waals surface area contributed by atoms with Crippen LogP contribution >= 0.6 is 0 Å². The standard InChI is InChI=1S/C24H24FN5O2/c1-16-21(23(31)28-12-17-6-8-20(25)9-7-17)14-27-22(29-16)19-5-3-11-30(15-19)24(32)18-4-2-10-26-13-18/h2,4,6-10,13-14,19H,3,5,11-12,15H2,1H3,(H,28,31). The van der Waals surface area contributed by atoms with Crippen LogP contribution in [0.25, 0.3) is 0 Å². The number of nitrogens with one attached hydrogen (secondary N) is 1. The van der Waals surface area contributed by atoms with Gasteiger partial charge in [0, 0.05) is 44.1 Å². The van der Waals surface area contributed by atoms with Crippen LogP contribution in [0.15, 0.2) is 55.0 Å². The molecule has 2 aromatic heterocycles. The van der Waals surface area contributed by atoms with E-state index in [0.29, 0.717) is 35.7 Å². The Balaban J connectivity index is 1.41. The Morgan fingerprint density at radius 1 is 1.19 bits per heavy atom. The molecule has 7 nitrogen and oxygen atoms in total. The summed E-state index contributed by atoms with van der Waals surface area (Å²) in [4.78, 5) is 40.2. The first kappa shape index (κ1) is 21.5. The Morgan fingerprint density at radius 3 is 2.72 bits per heavy atom. The number of hydrogen-bond acceptors (Lipinski definition) is 5. The fourth-order valence-corrected chi connectivity index (χ4v) is 3.83. The molecule has 1 aromatic carbocycles. The lowest BCUT2D eigenvalue weighted by molar-refractivity contribution is 0.0704. The minimum Gasteiger partial charge on any atom is -0.348 e. The summed E-state index contributed by atoms with van der Waals surface area (Å²) >= 11 is 0. The van der Waals surface area contributed by atoms with Gasteiger partial charge in [0.2, 0.25) is 0 Å². The van der Waals surface area contributed by atoms with Crippen LogP contribution in [0, 0.1) is 12.7 Å². The number of amides is 2. The Kier molecular flexibility index (Phi) is 6.49. The number of aromatic nitrogens is 3. The summed E-state index contributed by atoms with van der Waals surface area (Å²) < 4.78 is 13.0. The fraction of sp³-hybridized carbons (Fsp3) is 0.292. The predicted octanol–water partition coefficient (Wildman–Crippen LogP) is 3.27. The van der Waals surface area contributed by atoms with Crippen molar-refractivity contribution >= 4 is 11.8 Å². The third-order valence-corrected chi connectivity index (χ3v) is 5.59. The molecular formula is C24H24FN5O2. The zero-order valence-corrected chi connectivity index (χ0v) is 17.8. The Hall–Kier alpha value is -3.68. The summed E-state index contributed by atoms with van der Waals surface area (Å²) in [5.41, 5.74) is 2.35. The van der Waals surface area contributed by atoms with Crippen molar-refractivity contribution in [2.45, 2.75) is 32.2 Å². The molecule has 1 aliphatic rings. The average Bonchev–Trinajstić information content (AvgIpc) is 2.83. The highest BCUT2D eigenvalue weighted by Gasteiger charge is 2.28. The zero-order chi connectivity index (χ0) is 22.5. The van der Waals surface area contributed by atoms with Gasteiger partial charge in [-0.2, -0.15) is 0 Å². The zero-order valence-electron chi connectivity index (χ0n) is 17.8. The lowest BCUT2D eigenvalue weighted by Crippen LogP contribution is -2.39. The van der Waals surface area contributed by atoms with E-state index < -0.39 is 0 Å². The maximum absolute atomic E-state index is 13.0. The van der Waals surface area contributed by atoms with Crippen molar-refractivity contribution in [3.8, 4) is 0 Å². The molecule has 8 heteroatoms. The van der Waals surface area contributed by atoms with Crippen LogP contribution in [-0.2, 0) is 6.54 Å². The quantitative estimate of drug-likeness (QED) is 0.667. The van der Waals surface area contributed by atoms with Gasteiger partial charge in [0.05, 0.1) is 16.8 Å². The SMILES string of the molecule is Cc1nc(C2CCCN(C(=O)c3cccnc3)C2)ncc1C(=O)NCc1ccc(F)cc1.